The summed E-state index contributed by atoms with van der Waals surface area (Å²) in [6.45, 7) is 0.805. The molecule has 0 spiro atoms. The summed E-state index contributed by atoms with van der Waals surface area (Å²) >= 11 is 0. The molecule has 0 radical (unpaired) electrons. The van der Waals surface area contributed by atoms with Crippen molar-refractivity contribution in [2.24, 2.45) is 0 Å². The largest absolute Gasteiger partial charge is 0.480 e. The van der Waals surface area contributed by atoms with Crippen LogP contribution < -0.4 is 5.32 Å². The van der Waals surface area contributed by atoms with Gasteiger partial charge < -0.3 is 10.4 Å². The first kappa shape index (κ1) is 9.21. The van der Waals surface area contributed by atoms with Crippen LogP contribution in [0.15, 0.2) is 30.3 Å². The fourth-order valence-corrected chi connectivity index (χ4v) is 1.78. The lowest BCUT2D eigenvalue weighted by atomic mass is 9.82. The fraction of sp³-hybridized carbons (Fsp3) is 0.364. The summed E-state index contributed by atoms with van der Waals surface area (Å²) in [5, 5.41) is 12.1. The minimum Gasteiger partial charge on any atom is -0.480 e. The van der Waals surface area contributed by atoms with E-state index < -0.39 is 11.5 Å². The summed E-state index contributed by atoms with van der Waals surface area (Å²) in [6, 6.07) is 9.73. The van der Waals surface area contributed by atoms with Gasteiger partial charge in [-0.2, -0.15) is 0 Å². The van der Waals surface area contributed by atoms with Gasteiger partial charge in [0.2, 0.25) is 0 Å². The van der Waals surface area contributed by atoms with Gasteiger partial charge in [0.25, 0.3) is 0 Å². The quantitative estimate of drug-likeness (QED) is 0.750. The predicted octanol–water partition coefficient (Wildman–Crippen LogP) is 1.05. The highest BCUT2D eigenvalue weighted by Crippen LogP contribution is 2.24. The Morgan fingerprint density at radius 1 is 1.43 bits per heavy atom. The molecule has 0 unspecified atom stereocenters. The molecule has 0 aliphatic carbocycles. The van der Waals surface area contributed by atoms with Gasteiger partial charge in [0.05, 0.1) is 0 Å². The summed E-state index contributed by atoms with van der Waals surface area (Å²) < 4.78 is 0. The van der Waals surface area contributed by atoms with Gasteiger partial charge in [-0.15, -0.1) is 0 Å². The van der Waals surface area contributed by atoms with Gasteiger partial charge in [-0.25, -0.2) is 0 Å². The SMILES string of the molecule is O=C(O)[C@@]1(Cc2ccccc2)CCN1. The van der Waals surface area contributed by atoms with Crippen LogP contribution in [0.1, 0.15) is 12.0 Å². The van der Waals surface area contributed by atoms with Crippen LogP contribution in [0.2, 0.25) is 0 Å². The maximum absolute atomic E-state index is 11.0. The maximum atomic E-state index is 11.0. The van der Waals surface area contributed by atoms with E-state index in [1.807, 2.05) is 30.3 Å². The second kappa shape index (κ2) is 3.42. The van der Waals surface area contributed by atoms with Crippen molar-refractivity contribution >= 4 is 5.97 Å². The van der Waals surface area contributed by atoms with Gasteiger partial charge in [-0.1, -0.05) is 30.3 Å². The van der Waals surface area contributed by atoms with E-state index in [1.54, 1.807) is 0 Å². The van der Waals surface area contributed by atoms with Crippen LogP contribution in [0.5, 0.6) is 0 Å². The molecular weight excluding hydrogens is 178 g/mol. The van der Waals surface area contributed by atoms with Crippen LogP contribution in [0.25, 0.3) is 0 Å². The zero-order chi connectivity index (χ0) is 10.0. The fourth-order valence-electron chi connectivity index (χ4n) is 1.78. The van der Waals surface area contributed by atoms with E-state index in [-0.39, 0.29) is 0 Å². The minimum atomic E-state index is -0.743. The second-order valence-electron chi connectivity index (χ2n) is 3.73. The lowest BCUT2D eigenvalue weighted by molar-refractivity contribution is -0.148. The van der Waals surface area contributed by atoms with Crippen molar-refractivity contribution in [2.75, 3.05) is 6.54 Å². The molecule has 0 aromatic heterocycles. The summed E-state index contributed by atoms with van der Waals surface area (Å²) in [5.41, 5.74) is 0.364. The highest BCUT2D eigenvalue weighted by atomic mass is 16.4. The molecule has 0 amide bonds. The van der Waals surface area contributed by atoms with Gasteiger partial charge in [0.15, 0.2) is 0 Å². The molecule has 1 atom stereocenters. The zero-order valence-corrected chi connectivity index (χ0v) is 7.86. The molecular formula is C11H13NO2. The highest BCUT2D eigenvalue weighted by Gasteiger charge is 2.43. The molecule has 3 heteroatoms. The van der Waals surface area contributed by atoms with Crippen molar-refractivity contribution < 1.29 is 9.90 Å². The van der Waals surface area contributed by atoms with Crippen LogP contribution in [-0.2, 0) is 11.2 Å². The van der Waals surface area contributed by atoms with E-state index in [0.29, 0.717) is 6.42 Å². The van der Waals surface area contributed by atoms with Crippen molar-refractivity contribution in [1.29, 1.82) is 0 Å². The van der Waals surface area contributed by atoms with E-state index in [4.69, 9.17) is 5.11 Å². The molecule has 1 aliphatic heterocycles. The van der Waals surface area contributed by atoms with E-state index >= 15 is 0 Å². The van der Waals surface area contributed by atoms with Crippen LogP contribution in [-0.4, -0.2) is 23.2 Å². The van der Waals surface area contributed by atoms with E-state index in [9.17, 15) is 4.79 Å². The molecule has 1 aliphatic rings. The van der Waals surface area contributed by atoms with Gasteiger partial charge >= 0.3 is 5.97 Å². The standard InChI is InChI=1S/C11H13NO2/c13-10(14)11(6-7-12-11)8-9-4-2-1-3-5-9/h1-5,12H,6-8H2,(H,13,14)/t11-/m0/s1. The maximum Gasteiger partial charge on any atom is 0.324 e. The number of benzene rings is 1. The molecule has 14 heavy (non-hydrogen) atoms. The first-order valence-corrected chi connectivity index (χ1v) is 4.75. The second-order valence-corrected chi connectivity index (χ2v) is 3.73. The highest BCUT2D eigenvalue weighted by molar-refractivity contribution is 5.80. The van der Waals surface area contributed by atoms with Gasteiger partial charge in [0.1, 0.15) is 5.54 Å². The third-order valence-corrected chi connectivity index (χ3v) is 2.77. The number of hydrogen-bond donors (Lipinski definition) is 2. The average molecular weight is 191 g/mol. The minimum absolute atomic E-state index is 0.573. The molecule has 1 heterocycles. The third kappa shape index (κ3) is 1.51. The smallest absolute Gasteiger partial charge is 0.324 e. The number of hydrogen-bond acceptors (Lipinski definition) is 2. The normalized spacial score (nSPS) is 25.4. The van der Waals surface area contributed by atoms with Gasteiger partial charge in [0, 0.05) is 6.42 Å². The number of aliphatic carboxylic acids is 1. The molecule has 1 aromatic rings. The predicted molar refractivity (Wildman–Crippen MR) is 53.1 cm³/mol. The molecule has 2 N–H and O–H groups in total. The van der Waals surface area contributed by atoms with Crippen LogP contribution >= 0.6 is 0 Å². The molecule has 0 bridgehead atoms. The van der Waals surface area contributed by atoms with Gasteiger partial charge in [-0.3, -0.25) is 4.79 Å². The van der Waals surface area contributed by atoms with Crippen molar-refractivity contribution in [3.8, 4) is 0 Å². The average Bonchev–Trinajstić information content (AvgIpc) is 2.12. The van der Waals surface area contributed by atoms with E-state index in [2.05, 4.69) is 5.32 Å². The number of carbonyl (C=O) groups is 1. The van der Waals surface area contributed by atoms with Gasteiger partial charge in [-0.05, 0) is 18.5 Å². The Labute approximate surface area is 82.8 Å². The molecule has 3 nitrogen and oxygen atoms in total. The Balaban J connectivity index is 2.13. The third-order valence-electron chi connectivity index (χ3n) is 2.77. The first-order chi connectivity index (χ1) is 6.73. The van der Waals surface area contributed by atoms with Crippen molar-refractivity contribution in [3.05, 3.63) is 35.9 Å². The molecule has 74 valence electrons. The summed E-state index contributed by atoms with van der Waals surface area (Å²) in [5.74, 6) is -0.743. The molecule has 1 fully saturated rings. The van der Waals surface area contributed by atoms with Crippen LogP contribution in [0.4, 0.5) is 0 Å². The summed E-state index contributed by atoms with van der Waals surface area (Å²) in [4.78, 5) is 11.0. The zero-order valence-electron chi connectivity index (χ0n) is 7.86. The lowest BCUT2D eigenvalue weighted by Crippen LogP contribution is -2.63. The summed E-state index contributed by atoms with van der Waals surface area (Å²) in [7, 11) is 0. The monoisotopic (exact) mass is 191 g/mol. The Kier molecular flexibility index (Phi) is 2.25. The number of carboxylic acids is 1. The molecule has 2 rings (SSSR count). The number of rotatable bonds is 3. The summed E-state index contributed by atoms with van der Waals surface area (Å²) in [6.07, 6.45) is 1.29. The number of nitrogens with one attached hydrogen (secondary N) is 1. The Bertz CT molecular complexity index is 330. The van der Waals surface area contributed by atoms with Crippen LogP contribution in [0, 0.1) is 0 Å². The lowest BCUT2D eigenvalue weighted by Gasteiger charge is -2.39. The molecule has 1 aromatic carbocycles. The van der Waals surface area contributed by atoms with Crippen molar-refractivity contribution in [1.82, 2.24) is 5.32 Å². The van der Waals surface area contributed by atoms with Crippen molar-refractivity contribution in [3.63, 3.8) is 0 Å². The molecule has 0 saturated carbocycles. The Hall–Kier alpha value is -1.35. The van der Waals surface area contributed by atoms with Crippen LogP contribution in [0.3, 0.4) is 0 Å². The molecule has 1 saturated heterocycles. The van der Waals surface area contributed by atoms with E-state index in [0.717, 1.165) is 18.5 Å². The van der Waals surface area contributed by atoms with Crippen molar-refractivity contribution in [2.45, 2.75) is 18.4 Å². The first-order valence-electron chi connectivity index (χ1n) is 4.75. The number of carboxylic acid groups (broad SMARTS) is 1. The van der Waals surface area contributed by atoms with E-state index in [1.165, 1.54) is 0 Å². The Morgan fingerprint density at radius 2 is 2.07 bits per heavy atom. The topological polar surface area (TPSA) is 49.3 Å². The Morgan fingerprint density at radius 3 is 2.50 bits per heavy atom.